The molecule has 4 aromatic rings. The van der Waals surface area contributed by atoms with Crippen molar-refractivity contribution in [1.29, 1.82) is 0 Å². The number of anilines is 1. The Labute approximate surface area is 212 Å². The molecule has 1 amide bonds. The first-order valence-corrected chi connectivity index (χ1v) is 11.6. The molecule has 0 bridgehead atoms. The van der Waals surface area contributed by atoms with E-state index in [0.717, 1.165) is 22.3 Å². The minimum absolute atomic E-state index is 0.0576. The number of benzene rings is 3. The van der Waals surface area contributed by atoms with Gasteiger partial charge in [-0.15, -0.1) is 0 Å². The molecule has 1 aromatic heterocycles. The molecule has 37 heavy (non-hydrogen) atoms. The van der Waals surface area contributed by atoms with E-state index >= 15 is 0 Å². The normalized spacial score (nSPS) is 15.0. The highest BCUT2D eigenvalue weighted by Gasteiger charge is 2.27. The Kier molecular flexibility index (Phi) is 6.51. The zero-order valence-electron chi connectivity index (χ0n) is 20.1. The lowest BCUT2D eigenvalue weighted by Crippen LogP contribution is -2.36. The summed E-state index contributed by atoms with van der Waals surface area (Å²) in [7, 11) is 0. The summed E-state index contributed by atoms with van der Waals surface area (Å²) in [4.78, 5) is 23.7. The molecule has 188 valence electrons. The van der Waals surface area contributed by atoms with Gasteiger partial charge in [-0.3, -0.25) is 5.32 Å². The van der Waals surface area contributed by atoms with Crippen molar-refractivity contribution in [3.05, 3.63) is 84.1 Å². The average Bonchev–Trinajstić information content (AvgIpc) is 3.28. The molecule has 9 heteroatoms. The van der Waals surface area contributed by atoms with Crippen LogP contribution in [-0.2, 0) is 9.53 Å². The Balaban J connectivity index is 1.31. The van der Waals surface area contributed by atoms with Gasteiger partial charge in [0.15, 0.2) is 17.3 Å². The van der Waals surface area contributed by atoms with E-state index in [1.54, 1.807) is 26.0 Å². The lowest BCUT2D eigenvalue weighted by Gasteiger charge is -2.24. The van der Waals surface area contributed by atoms with Crippen molar-refractivity contribution < 1.29 is 33.4 Å². The van der Waals surface area contributed by atoms with Crippen LogP contribution in [-0.4, -0.2) is 35.0 Å². The first-order valence-electron chi connectivity index (χ1n) is 11.6. The number of aliphatic carboxylic acids is 1. The van der Waals surface area contributed by atoms with E-state index < -0.39 is 24.3 Å². The quantitative estimate of drug-likeness (QED) is 0.338. The fraction of sp³-hybridized carbons (Fsp3) is 0.179. The number of carbonyl (C=O) groups excluding carboxylic acids is 1. The van der Waals surface area contributed by atoms with E-state index in [1.165, 1.54) is 0 Å². The molecular formula is C28H24N2O7. The second-order valence-electron chi connectivity index (χ2n) is 8.55. The minimum atomic E-state index is -1.07. The number of rotatable bonds is 6. The van der Waals surface area contributed by atoms with Gasteiger partial charge in [0.1, 0.15) is 24.1 Å². The van der Waals surface area contributed by atoms with Crippen molar-refractivity contribution in [2.75, 3.05) is 11.9 Å². The van der Waals surface area contributed by atoms with E-state index in [2.05, 4.69) is 10.5 Å². The van der Waals surface area contributed by atoms with Crippen LogP contribution in [0.1, 0.15) is 24.3 Å². The van der Waals surface area contributed by atoms with Crippen molar-refractivity contribution in [3.63, 3.8) is 0 Å². The van der Waals surface area contributed by atoms with Crippen LogP contribution >= 0.6 is 0 Å². The standard InChI is InChI=1S/C28H24N2O7/c1-16-25(29-28(33)35-17(2)18-6-4-3-5-7-18)26(37-30-16)20-10-8-19(9-11-20)21-12-13-22-23(14-21)34-15-24(36-22)27(31)32/h3-14,17,24H,15H2,1-2H3,(H,29,33)(H,31,32). The topological polar surface area (TPSA) is 120 Å². The molecule has 1 aliphatic heterocycles. The number of ether oxygens (including phenoxy) is 3. The molecule has 2 N–H and O–H groups in total. The molecule has 2 unspecified atom stereocenters. The number of aryl methyl sites for hydroxylation is 1. The molecule has 2 heterocycles. The van der Waals surface area contributed by atoms with Gasteiger partial charge in [-0.2, -0.15) is 0 Å². The van der Waals surface area contributed by atoms with Crippen LogP contribution in [0.4, 0.5) is 10.5 Å². The van der Waals surface area contributed by atoms with E-state index in [9.17, 15) is 9.59 Å². The summed E-state index contributed by atoms with van der Waals surface area (Å²) in [5.74, 6) is 0.219. The fourth-order valence-corrected chi connectivity index (χ4v) is 3.98. The summed E-state index contributed by atoms with van der Waals surface area (Å²) in [5, 5.41) is 15.9. The van der Waals surface area contributed by atoms with Gasteiger partial charge in [0.05, 0.1) is 0 Å². The third-order valence-corrected chi connectivity index (χ3v) is 6.00. The summed E-state index contributed by atoms with van der Waals surface area (Å²) in [5.41, 5.74) is 4.33. The van der Waals surface area contributed by atoms with Gasteiger partial charge in [-0.1, -0.05) is 65.8 Å². The molecule has 0 fully saturated rings. The Bertz CT molecular complexity index is 1430. The number of hydrogen-bond donors (Lipinski definition) is 2. The van der Waals surface area contributed by atoms with Crippen LogP contribution in [0.15, 0.2) is 77.3 Å². The zero-order valence-corrected chi connectivity index (χ0v) is 20.1. The van der Waals surface area contributed by atoms with E-state index in [-0.39, 0.29) is 6.61 Å². The summed E-state index contributed by atoms with van der Waals surface area (Å²) >= 11 is 0. The molecule has 3 aromatic carbocycles. The summed E-state index contributed by atoms with van der Waals surface area (Å²) < 4.78 is 22.1. The largest absolute Gasteiger partial charge is 0.485 e. The van der Waals surface area contributed by atoms with Crippen LogP contribution in [0, 0.1) is 6.92 Å². The molecule has 2 atom stereocenters. The fourth-order valence-electron chi connectivity index (χ4n) is 3.98. The van der Waals surface area contributed by atoms with E-state index in [0.29, 0.717) is 28.6 Å². The maximum Gasteiger partial charge on any atom is 0.412 e. The lowest BCUT2D eigenvalue weighted by molar-refractivity contribution is -0.147. The SMILES string of the molecule is Cc1noc(-c2ccc(-c3ccc4c(c3)OCC(C(=O)O)O4)cc2)c1NC(=O)OC(C)c1ccccc1. The number of carbonyl (C=O) groups is 2. The molecule has 0 radical (unpaired) electrons. The van der Waals surface area contributed by atoms with Gasteiger partial charge in [0.25, 0.3) is 0 Å². The second-order valence-corrected chi connectivity index (χ2v) is 8.55. The Hall–Kier alpha value is -4.79. The van der Waals surface area contributed by atoms with Gasteiger partial charge in [-0.05, 0) is 42.7 Å². The number of aromatic nitrogens is 1. The van der Waals surface area contributed by atoms with Crippen LogP contribution in [0.5, 0.6) is 11.5 Å². The molecule has 0 saturated heterocycles. The van der Waals surface area contributed by atoms with E-state index in [1.807, 2.05) is 60.7 Å². The monoisotopic (exact) mass is 500 g/mol. The van der Waals surface area contributed by atoms with Gasteiger partial charge in [0, 0.05) is 5.56 Å². The first kappa shape index (κ1) is 23.9. The van der Waals surface area contributed by atoms with Gasteiger partial charge in [-0.25, -0.2) is 9.59 Å². The third kappa shape index (κ3) is 5.11. The zero-order chi connectivity index (χ0) is 25.9. The Morgan fingerprint density at radius 2 is 1.70 bits per heavy atom. The van der Waals surface area contributed by atoms with E-state index in [4.69, 9.17) is 23.8 Å². The van der Waals surface area contributed by atoms with Crippen LogP contribution in [0.3, 0.4) is 0 Å². The molecule has 0 saturated carbocycles. The highest BCUT2D eigenvalue weighted by Crippen LogP contribution is 2.37. The van der Waals surface area contributed by atoms with Gasteiger partial charge < -0.3 is 23.8 Å². The number of carboxylic acids is 1. The number of fused-ring (bicyclic) bond motifs is 1. The number of nitrogens with zero attached hydrogens (tertiary/aromatic N) is 1. The van der Waals surface area contributed by atoms with Crippen molar-refractivity contribution in [3.8, 4) is 33.9 Å². The minimum Gasteiger partial charge on any atom is -0.485 e. The van der Waals surface area contributed by atoms with Crippen LogP contribution in [0.2, 0.25) is 0 Å². The molecular weight excluding hydrogens is 476 g/mol. The predicted octanol–water partition coefficient (Wildman–Crippen LogP) is 5.85. The van der Waals surface area contributed by atoms with Crippen LogP contribution < -0.4 is 14.8 Å². The number of amides is 1. The lowest BCUT2D eigenvalue weighted by atomic mass is 10.0. The maximum absolute atomic E-state index is 12.6. The molecule has 9 nitrogen and oxygen atoms in total. The highest BCUT2D eigenvalue weighted by atomic mass is 16.6. The summed E-state index contributed by atoms with van der Waals surface area (Å²) in [6.07, 6.45) is -2.06. The van der Waals surface area contributed by atoms with Crippen LogP contribution in [0.25, 0.3) is 22.5 Å². The highest BCUT2D eigenvalue weighted by molar-refractivity contribution is 5.91. The second kappa shape index (κ2) is 10.1. The van der Waals surface area contributed by atoms with Crippen molar-refractivity contribution in [2.45, 2.75) is 26.1 Å². The first-order chi connectivity index (χ1) is 17.9. The molecule has 0 spiro atoms. The number of nitrogens with one attached hydrogen (secondary N) is 1. The summed E-state index contributed by atoms with van der Waals surface area (Å²) in [6, 6.07) is 22.3. The molecule has 5 rings (SSSR count). The van der Waals surface area contributed by atoms with Crippen molar-refractivity contribution in [1.82, 2.24) is 5.16 Å². The number of hydrogen-bond acceptors (Lipinski definition) is 7. The van der Waals surface area contributed by atoms with Gasteiger partial charge in [0.2, 0.25) is 6.10 Å². The van der Waals surface area contributed by atoms with Crippen molar-refractivity contribution in [2.24, 2.45) is 0 Å². The average molecular weight is 501 g/mol. The molecule has 0 aliphatic carbocycles. The van der Waals surface area contributed by atoms with Gasteiger partial charge >= 0.3 is 12.1 Å². The van der Waals surface area contributed by atoms with Crippen molar-refractivity contribution >= 4 is 17.7 Å². The smallest absolute Gasteiger partial charge is 0.412 e. The maximum atomic E-state index is 12.6. The Morgan fingerprint density at radius 3 is 2.43 bits per heavy atom. The third-order valence-electron chi connectivity index (χ3n) is 6.00. The Morgan fingerprint density at radius 1 is 1.00 bits per heavy atom. The summed E-state index contributed by atoms with van der Waals surface area (Å²) in [6.45, 7) is 3.48. The predicted molar refractivity (Wildman–Crippen MR) is 135 cm³/mol. The molecule has 1 aliphatic rings. The number of carboxylic acid groups (broad SMARTS) is 1.